The van der Waals surface area contributed by atoms with Crippen molar-refractivity contribution in [3.05, 3.63) is 89.8 Å². The molecule has 0 spiro atoms. The van der Waals surface area contributed by atoms with Gasteiger partial charge in [0.15, 0.2) is 5.69 Å². The van der Waals surface area contributed by atoms with Crippen LogP contribution in [0.3, 0.4) is 0 Å². The summed E-state index contributed by atoms with van der Waals surface area (Å²) in [6.45, 7) is 3.80. The lowest BCUT2D eigenvalue weighted by molar-refractivity contribution is -0.148. The van der Waals surface area contributed by atoms with Gasteiger partial charge in [0.05, 0.1) is 6.04 Å². The van der Waals surface area contributed by atoms with Gasteiger partial charge >= 0.3 is 5.97 Å². The molecule has 2 aromatic heterocycles. The molecule has 176 valence electrons. The van der Waals surface area contributed by atoms with Crippen LogP contribution in [0.15, 0.2) is 71.5 Å². The first-order valence-electron chi connectivity index (χ1n) is 11.2. The van der Waals surface area contributed by atoms with Crippen molar-refractivity contribution in [3.63, 3.8) is 0 Å². The summed E-state index contributed by atoms with van der Waals surface area (Å²) in [5.74, 6) is -0.956. The van der Waals surface area contributed by atoms with E-state index in [0.29, 0.717) is 6.42 Å². The molecule has 0 aliphatic rings. The zero-order valence-electron chi connectivity index (χ0n) is 19.2. The smallest absolute Gasteiger partial charge is 0.329 e. The van der Waals surface area contributed by atoms with Crippen LogP contribution < -0.4 is 11.1 Å². The highest BCUT2D eigenvalue weighted by Crippen LogP contribution is 2.23. The third kappa shape index (κ3) is 5.35. The highest BCUT2D eigenvalue weighted by atomic mass is 16.5. The summed E-state index contributed by atoms with van der Waals surface area (Å²) in [5.41, 5.74) is 9.30. The molecule has 1 amide bonds. The molecule has 4 rings (SSSR count). The number of para-hydroxylation sites is 1. The SMILES string of the molecule is CC(C)C(NC(=O)c1coc(C(N)Cc2c[nH]c3ccccc23)n1)C(=O)OCc1ccccc1. The van der Waals surface area contributed by atoms with Gasteiger partial charge in [0.1, 0.15) is 18.9 Å². The van der Waals surface area contributed by atoms with Crippen molar-refractivity contribution < 1.29 is 18.7 Å². The van der Waals surface area contributed by atoms with Gasteiger partial charge in [0.2, 0.25) is 5.89 Å². The number of hydrogen-bond donors (Lipinski definition) is 3. The van der Waals surface area contributed by atoms with Crippen LogP contribution in [0.4, 0.5) is 0 Å². The maximum Gasteiger partial charge on any atom is 0.329 e. The molecule has 0 saturated heterocycles. The highest BCUT2D eigenvalue weighted by Gasteiger charge is 2.28. The molecular weight excluding hydrogens is 432 g/mol. The molecule has 8 heteroatoms. The van der Waals surface area contributed by atoms with Crippen LogP contribution in [0.5, 0.6) is 0 Å². The molecule has 0 aliphatic carbocycles. The van der Waals surface area contributed by atoms with Gasteiger partial charge in [-0.05, 0) is 29.5 Å². The summed E-state index contributed by atoms with van der Waals surface area (Å²) in [7, 11) is 0. The van der Waals surface area contributed by atoms with Crippen molar-refractivity contribution in [2.45, 2.75) is 39.0 Å². The minimum absolute atomic E-state index is 0.0610. The number of nitrogens with one attached hydrogen (secondary N) is 2. The van der Waals surface area contributed by atoms with Gasteiger partial charge in [-0.3, -0.25) is 4.79 Å². The van der Waals surface area contributed by atoms with Gasteiger partial charge in [0, 0.05) is 17.1 Å². The van der Waals surface area contributed by atoms with Crippen LogP contribution in [0.2, 0.25) is 0 Å². The third-order valence-corrected chi connectivity index (χ3v) is 5.62. The van der Waals surface area contributed by atoms with Crippen LogP contribution in [-0.2, 0) is 22.6 Å². The number of nitrogens with two attached hydrogens (primary N) is 1. The summed E-state index contributed by atoms with van der Waals surface area (Å²) in [5, 5.41) is 3.79. The van der Waals surface area contributed by atoms with Crippen molar-refractivity contribution in [1.29, 1.82) is 0 Å². The fourth-order valence-electron chi connectivity index (χ4n) is 3.72. The molecule has 4 aromatic rings. The van der Waals surface area contributed by atoms with Crippen LogP contribution >= 0.6 is 0 Å². The number of carbonyl (C=O) groups is 2. The summed E-state index contributed by atoms with van der Waals surface area (Å²) in [4.78, 5) is 32.9. The Morgan fingerprint density at radius 3 is 2.62 bits per heavy atom. The third-order valence-electron chi connectivity index (χ3n) is 5.62. The Morgan fingerprint density at radius 1 is 1.12 bits per heavy atom. The van der Waals surface area contributed by atoms with Crippen molar-refractivity contribution in [3.8, 4) is 0 Å². The number of carbonyl (C=O) groups excluding carboxylic acids is 2. The molecule has 4 N–H and O–H groups in total. The molecule has 0 bridgehead atoms. The fraction of sp³-hybridized carbons (Fsp3) is 0.269. The quantitative estimate of drug-likeness (QED) is 0.326. The van der Waals surface area contributed by atoms with E-state index in [1.54, 1.807) is 0 Å². The lowest BCUT2D eigenvalue weighted by Gasteiger charge is -2.20. The average Bonchev–Trinajstić information content (AvgIpc) is 3.49. The number of benzene rings is 2. The Morgan fingerprint density at radius 2 is 1.85 bits per heavy atom. The molecular formula is C26H28N4O4. The Balaban J connectivity index is 1.38. The molecule has 2 aromatic carbocycles. The lowest BCUT2D eigenvalue weighted by atomic mass is 10.0. The number of ether oxygens (including phenoxy) is 1. The summed E-state index contributed by atoms with van der Waals surface area (Å²) in [6, 6.07) is 16.0. The number of aromatic amines is 1. The van der Waals surface area contributed by atoms with E-state index >= 15 is 0 Å². The van der Waals surface area contributed by atoms with Crippen molar-refractivity contribution >= 4 is 22.8 Å². The normalized spacial score (nSPS) is 13.1. The van der Waals surface area contributed by atoms with Crippen LogP contribution in [0.25, 0.3) is 10.9 Å². The van der Waals surface area contributed by atoms with E-state index in [1.807, 2.05) is 74.6 Å². The number of fused-ring (bicyclic) bond motifs is 1. The molecule has 0 saturated carbocycles. The van der Waals surface area contributed by atoms with Gasteiger partial charge in [0.25, 0.3) is 5.91 Å². The topological polar surface area (TPSA) is 123 Å². The summed E-state index contributed by atoms with van der Waals surface area (Å²) < 4.78 is 10.9. The number of H-pyrrole nitrogens is 1. The molecule has 2 unspecified atom stereocenters. The van der Waals surface area contributed by atoms with E-state index in [1.165, 1.54) is 6.26 Å². The zero-order chi connectivity index (χ0) is 24.1. The Bertz CT molecular complexity index is 1260. The van der Waals surface area contributed by atoms with Gasteiger partial charge in [-0.15, -0.1) is 0 Å². The largest absolute Gasteiger partial charge is 0.459 e. The minimum Gasteiger partial charge on any atom is -0.459 e. The number of rotatable bonds is 9. The fourth-order valence-corrected chi connectivity index (χ4v) is 3.72. The molecule has 8 nitrogen and oxygen atoms in total. The van der Waals surface area contributed by atoms with Gasteiger partial charge in [-0.1, -0.05) is 62.4 Å². The first kappa shape index (κ1) is 23.3. The Kier molecular flexibility index (Phi) is 7.08. The summed E-state index contributed by atoms with van der Waals surface area (Å²) in [6.07, 6.45) is 3.66. The number of hydrogen-bond acceptors (Lipinski definition) is 6. The van der Waals surface area contributed by atoms with Crippen molar-refractivity contribution in [2.75, 3.05) is 0 Å². The van der Waals surface area contributed by atoms with E-state index in [-0.39, 0.29) is 24.1 Å². The predicted octanol–water partition coefficient (Wildman–Crippen LogP) is 3.90. The van der Waals surface area contributed by atoms with Gasteiger partial charge in [-0.25, -0.2) is 9.78 Å². The second-order valence-corrected chi connectivity index (χ2v) is 8.53. The van der Waals surface area contributed by atoms with Crippen LogP contribution in [0, 0.1) is 5.92 Å². The number of aromatic nitrogens is 2. The molecule has 0 aliphatic heterocycles. The van der Waals surface area contributed by atoms with E-state index in [2.05, 4.69) is 15.3 Å². The minimum atomic E-state index is -0.823. The Hall–Kier alpha value is -3.91. The molecule has 2 atom stereocenters. The predicted molar refractivity (Wildman–Crippen MR) is 128 cm³/mol. The second kappa shape index (κ2) is 10.4. The molecule has 34 heavy (non-hydrogen) atoms. The van der Waals surface area contributed by atoms with Crippen LogP contribution in [0.1, 0.15) is 47.4 Å². The van der Waals surface area contributed by atoms with E-state index < -0.39 is 24.0 Å². The number of amides is 1. The van der Waals surface area contributed by atoms with Crippen molar-refractivity contribution in [2.24, 2.45) is 11.7 Å². The average molecular weight is 461 g/mol. The zero-order valence-corrected chi connectivity index (χ0v) is 19.2. The van der Waals surface area contributed by atoms with Gasteiger partial charge < -0.3 is 25.2 Å². The van der Waals surface area contributed by atoms with E-state index in [9.17, 15) is 9.59 Å². The maximum atomic E-state index is 12.8. The second-order valence-electron chi connectivity index (χ2n) is 8.53. The van der Waals surface area contributed by atoms with E-state index in [4.69, 9.17) is 14.9 Å². The number of esters is 1. The maximum absolute atomic E-state index is 12.8. The first-order chi connectivity index (χ1) is 16.4. The monoisotopic (exact) mass is 460 g/mol. The van der Waals surface area contributed by atoms with E-state index in [0.717, 1.165) is 22.0 Å². The summed E-state index contributed by atoms with van der Waals surface area (Å²) >= 11 is 0. The highest BCUT2D eigenvalue weighted by molar-refractivity contribution is 5.95. The van der Waals surface area contributed by atoms with Crippen LogP contribution in [-0.4, -0.2) is 27.9 Å². The number of nitrogens with zero attached hydrogens (tertiary/aromatic N) is 1. The van der Waals surface area contributed by atoms with Gasteiger partial charge in [-0.2, -0.15) is 0 Å². The lowest BCUT2D eigenvalue weighted by Crippen LogP contribution is -2.45. The molecule has 2 heterocycles. The first-order valence-corrected chi connectivity index (χ1v) is 11.2. The standard InChI is InChI=1S/C26H28N4O4/c1-16(2)23(26(32)34-14-17-8-4-3-5-9-17)30-24(31)22-15-33-25(29-22)20(27)12-18-13-28-21-11-7-6-10-19(18)21/h3-11,13,15-16,20,23,28H,12,14,27H2,1-2H3,(H,30,31). The Labute approximate surface area is 197 Å². The molecule has 0 fully saturated rings. The van der Waals surface area contributed by atoms with Crippen molar-refractivity contribution in [1.82, 2.24) is 15.3 Å². The number of oxazole rings is 1. The molecule has 0 radical (unpaired) electrons.